The summed E-state index contributed by atoms with van der Waals surface area (Å²) in [7, 11) is -3.53. The third-order valence-corrected chi connectivity index (χ3v) is 5.79. The van der Waals surface area contributed by atoms with E-state index in [2.05, 4.69) is 15.0 Å². The van der Waals surface area contributed by atoms with Gasteiger partial charge in [-0.15, -0.1) is 0 Å². The SMILES string of the molecule is Cc1noc(CN2CCN(S(=O)(=O)c3ccc(C#N)cc3)CC2)n1. The Morgan fingerprint density at radius 1 is 1.21 bits per heavy atom. The van der Waals surface area contributed by atoms with Crippen LogP contribution in [0.2, 0.25) is 0 Å². The highest BCUT2D eigenvalue weighted by Gasteiger charge is 2.28. The number of benzene rings is 1. The molecular formula is C15H17N5O3S. The van der Waals surface area contributed by atoms with Crippen molar-refractivity contribution >= 4 is 10.0 Å². The van der Waals surface area contributed by atoms with E-state index in [1.54, 1.807) is 6.92 Å². The van der Waals surface area contributed by atoms with Crippen molar-refractivity contribution < 1.29 is 12.9 Å². The Labute approximate surface area is 140 Å². The Hall–Kier alpha value is -2.28. The Kier molecular flexibility index (Phi) is 4.62. The van der Waals surface area contributed by atoms with Crippen LogP contribution >= 0.6 is 0 Å². The minimum atomic E-state index is -3.53. The quantitative estimate of drug-likeness (QED) is 0.804. The van der Waals surface area contributed by atoms with Gasteiger partial charge in [0, 0.05) is 26.2 Å². The predicted octanol–water partition coefficient (Wildman–Crippen LogP) is 0.756. The molecule has 2 aromatic rings. The molecule has 24 heavy (non-hydrogen) atoms. The fourth-order valence-corrected chi connectivity index (χ4v) is 4.00. The van der Waals surface area contributed by atoms with Gasteiger partial charge in [0.2, 0.25) is 15.9 Å². The molecule has 0 atom stereocenters. The second-order valence-corrected chi connectivity index (χ2v) is 7.49. The molecule has 0 bridgehead atoms. The first kappa shape index (κ1) is 16.6. The Morgan fingerprint density at radius 3 is 2.42 bits per heavy atom. The first-order valence-electron chi connectivity index (χ1n) is 7.51. The summed E-state index contributed by atoms with van der Waals surface area (Å²) in [6, 6.07) is 7.96. The van der Waals surface area contributed by atoms with Crippen molar-refractivity contribution in [3.63, 3.8) is 0 Å². The van der Waals surface area contributed by atoms with Crippen molar-refractivity contribution in [2.24, 2.45) is 0 Å². The van der Waals surface area contributed by atoms with Crippen LogP contribution in [-0.4, -0.2) is 53.9 Å². The van der Waals surface area contributed by atoms with Crippen LogP contribution < -0.4 is 0 Å². The molecule has 1 aliphatic heterocycles. The molecule has 0 amide bonds. The number of sulfonamides is 1. The van der Waals surface area contributed by atoms with Crippen LogP contribution in [-0.2, 0) is 16.6 Å². The summed E-state index contributed by atoms with van der Waals surface area (Å²) in [5.41, 5.74) is 0.439. The van der Waals surface area contributed by atoms with Gasteiger partial charge in [-0.05, 0) is 31.2 Å². The van der Waals surface area contributed by atoms with E-state index in [0.717, 1.165) is 0 Å². The van der Waals surface area contributed by atoms with Crippen LogP contribution in [0.5, 0.6) is 0 Å². The Morgan fingerprint density at radius 2 is 1.88 bits per heavy atom. The number of hydrogen-bond donors (Lipinski definition) is 0. The largest absolute Gasteiger partial charge is 0.338 e. The highest BCUT2D eigenvalue weighted by atomic mass is 32.2. The molecule has 1 aliphatic rings. The fourth-order valence-electron chi connectivity index (χ4n) is 2.57. The third kappa shape index (κ3) is 3.46. The molecule has 8 nitrogen and oxygen atoms in total. The van der Waals surface area contributed by atoms with E-state index in [-0.39, 0.29) is 4.90 Å². The molecule has 3 rings (SSSR count). The smallest absolute Gasteiger partial charge is 0.243 e. The Balaban J connectivity index is 1.63. The lowest BCUT2D eigenvalue weighted by atomic mass is 10.2. The number of piperazine rings is 1. The van der Waals surface area contributed by atoms with E-state index >= 15 is 0 Å². The molecule has 0 saturated carbocycles. The summed E-state index contributed by atoms with van der Waals surface area (Å²) in [6.07, 6.45) is 0. The topological polar surface area (TPSA) is 103 Å². The van der Waals surface area contributed by atoms with Gasteiger partial charge in [0.25, 0.3) is 0 Å². The summed E-state index contributed by atoms with van der Waals surface area (Å²) in [4.78, 5) is 6.45. The van der Waals surface area contributed by atoms with E-state index in [1.165, 1.54) is 28.6 Å². The molecule has 0 N–H and O–H groups in total. The average Bonchev–Trinajstić information content (AvgIpc) is 3.00. The maximum atomic E-state index is 12.6. The number of nitrogens with zero attached hydrogens (tertiary/aromatic N) is 5. The summed E-state index contributed by atoms with van der Waals surface area (Å²) < 4.78 is 31.8. The minimum Gasteiger partial charge on any atom is -0.338 e. The molecule has 0 unspecified atom stereocenters. The van der Waals surface area contributed by atoms with Gasteiger partial charge in [0.15, 0.2) is 5.82 Å². The number of nitriles is 1. The van der Waals surface area contributed by atoms with Crippen molar-refractivity contribution in [2.75, 3.05) is 26.2 Å². The van der Waals surface area contributed by atoms with Gasteiger partial charge in [0.1, 0.15) is 0 Å². The molecule has 0 radical (unpaired) electrons. The number of aryl methyl sites for hydroxylation is 1. The molecule has 9 heteroatoms. The van der Waals surface area contributed by atoms with Gasteiger partial charge >= 0.3 is 0 Å². The summed E-state index contributed by atoms with van der Waals surface area (Å²) in [5.74, 6) is 1.13. The van der Waals surface area contributed by atoms with Gasteiger partial charge < -0.3 is 4.52 Å². The average molecular weight is 347 g/mol. The van der Waals surface area contributed by atoms with Gasteiger partial charge in [-0.25, -0.2) is 8.42 Å². The Bertz CT molecular complexity index is 846. The van der Waals surface area contributed by atoms with E-state index in [9.17, 15) is 8.42 Å². The zero-order chi connectivity index (χ0) is 17.2. The van der Waals surface area contributed by atoms with Crippen LogP contribution in [0.1, 0.15) is 17.3 Å². The zero-order valence-electron chi connectivity index (χ0n) is 13.2. The maximum Gasteiger partial charge on any atom is 0.243 e. The van der Waals surface area contributed by atoms with Crippen molar-refractivity contribution in [1.82, 2.24) is 19.3 Å². The van der Waals surface area contributed by atoms with Crippen LogP contribution in [0.15, 0.2) is 33.7 Å². The summed E-state index contributed by atoms with van der Waals surface area (Å²) in [5, 5.41) is 12.5. The number of hydrogen-bond acceptors (Lipinski definition) is 7. The molecule has 1 aromatic carbocycles. The number of rotatable bonds is 4. The lowest BCUT2D eigenvalue weighted by molar-refractivity contribution is 0.163. The van der Waals surface area contributed by atoms with E-state index in [4.69, 9.17) is 9.78 Å². The zero-order valence-corrected chi connectivity index (χ0v) is 14.0. The van der Waals surface area contributed by atoms with Crippen LogP contribution in [0.25, 0.3) is 0 Å². The van der Waals surface area contributed by atoms with Gasteiger partial charge in [-0.2, -0.15) is 14.6 Å². The third-order valence-electron chi connectivity index (χ3n) is 3.88. The van der Waals surface area contributed by atoms with Crippen molar-refractivity contribution in [1.29, 1.82) is 5.26 Å². The van der Waals surface area contributed by atoms with Crippen LogP contribution in [0, 0.1) is 18.3 Å². The molecular weight excluding hydrogens is 330 g/mol. The standard InChI is InChI=1S/C15H17N5O3S/c1-12-17-15(23-18-12)11-19-6-8-20(9-7-19)24(21,22)14-4-2-13(10-16)3-5-14/h2-5H,6-9,11H2,1H3. The van der Waals surface area contributed by atoms with Crippen LogP contribution in [0.3, 0.4) is 0 Å². The van der Waals surface area contributed by atoms with Crippen molar-refractivity contribution in [3.8, 4) is 6.07 Å². The molecule has 1 saturated heterocycles. The highest BCUT2D eigenvalue weighted by molar-refractivity contribution is 7.89. The molecule has 1 aromatic heterocycles. The normalized spacial score (nSPS) is 16.8. The lowest BCUT2D eigenvalue weighted by Crippen LogP contribution is -2.48. The maximum absolute atomic E-state index is 12.6. The monoisotopic (exact) mass is 347 g/mol. The molecule has 2 heterocycles. The molecule has 126 valence electrons. The minimum absolute atomic E-state index is 0.211. The number of aromatic nitrogens is 2. The van der Waals surface area contributed by atoms with Crippen LogP contribution in [0.4, 0.5) is 0 Å². The molecule has 0 aliphatic carbocycles. The fraction of sp³-hybridized carbons (Fsp3) is 0.400. The van der Waals surface area contributed by atoms with E-state index in [1.807, 2.05) is 6.07 Å². The summed E-state index contributed by atoms with van der Waals surface area (Å²) in [6.45, 7) is 4.26. The first-order chi connectivity index (χ1) is 11.5. The molecule has 0 spiro atoms. The van der Waals surface area contributed by atoms with E-state index in [0.29, 0.717) is 50.0 Å². The summed E-state index contributed by atoms with van der Waals surface area (Å²) >= 11 is 0. The van der Waals surface area contributed by atoms with Gasteiger partial charge in [0.05, 0.1) is 23.1 Å². The second-order valence-electron chi connectivity index (χ2n) is 5.55. The molecule has 1 fully saturated rings. The highest BCUT2D eigenvalue weighted by Crippen LogP contribution is 2.18. The van der Waals surface area contributed by atoms with Gasteiger partial charge in [-0.3, -0.25) is 4.90 Å². The van der Waals surface area contributed by atoms with E-state index < -0.39 is 10.0 Å². The van der Waals surface area contributed by atoms with Gasteiger partial charge in [-0.1, -0.05) is 5.16 Å². The lowest BCUT2D eigenvalue weighted by Gasteiger charge is -2.33. The predicted molar refractivity (Wildman–Crippen MR) is 84.2 cm³/mol. The van der Waals surface area contributed by atoms with Crippen molar-refractivity contribution in [2.45, 2.75) is 18.4 Å². The van der Waals surface area contributed by atoms with Crippen molar-refractivity contribution in [3.05, 3.63) is 41.5 Å². The second kappa shape index (κ2) is 6.68. The first-order valence-corrected chi connectivity index (χ1v) is 8.95.